The quantitative estimate of drug-likeness (QED) is 0.567. The second-order valence-corrected chi connectivity index (χ2v) is 7.21. The maximum absolute atomic E-state index is 12.5. The molecule has 0 spiro atoms. The SMILES string of the molecule is O=C([O-])c1ccccc1NC(=O)N1CCN(c2nc3ccccc3s2)CC1.[Na+]. The van der Waals surface area contributed by atoms with Gasteiger partial charge in [-0.1, -0.05) is 41.7 Å². The van der Waals surface area contributed by atoms with Crippen LogP contribution in [-0.2, 0) is 0 Å². The van der Waals surface area contributed by atoms with Crippen LogP contribution in [0.5, 0.6) is 0 Å². The van der Waals surface area contributed by atoms with E-state index < -0.39 is 5.97 Å². The fourth-order valence-corrected chi connectivity index (χ4v) is 4.08. The molecule has 28 heavy (non-hydrogen) atoms. The number of carbonyl (C=O) groups is 2. The van der Waals surface area contributed by atoms with Crippen molar-refractivity contribution < 1.29 is 44.3 Å². The van der Waals surface area contributed by atoms with Gasteiger partial charge in [0.2, 0.25) is 0 Å². The van der Waals surface area contributed by atoms with Crippen molar-refractivity contribution in [3.63, 3.8) is 0 Å². The number of fused-ring (bicyclic) bond motifs is 1. The molecule has 3 aromatic rings. The van der Waals surface area contributed by atoms with E-state index in [0.717, 1.165) is 15.3 Å². The van der Waals surface area contributed by atoms with E-state index in [2.05, 4.69) is 21.3 Å². The van der Waals surface area contributed by atoms with Gasteiger partial charge in [-0.3, -0.25) is 0 Å². The molecule has 1 N–H and O–H groups in total. The molecule has 1 aliphatic heterocycles. The van der Waals surface area contributed by atoms with Crippen molar-refractivity contribution in [2.24, 2.45) is 0 Å². The number of rotatable bonds is 3. The molecule has 0 saturated carbocycles. The molecule has 1 aromatic heterocycles. The summed E-state index contributed by atoms with van der Waals surface area (Å²) in [6.45, 7) is 2.43. The molecule has 2 heterocycles. The predicted octanol–water partition coefficient (Wildman–Crippen LogP) is -0.982. The van der Waals surface area contributed by atoms with Crippen molar-refractivity contribution in [1.82, 2.24) is 9.88 Å². The standard InChI is InChI=1S/C19H18N4O3S.Na/c24-17(25)13-5-1-2-6-14(13)20-18(26)22-9-11-23(12-10-22)19-21-15-7-3-4-8-16(15)27-19;/h1-8H,9-12H2,(H,20,26)(H,24,25);/q;+1/p-1. The van der Waals surface area contributed by atoms with Crippen LogP contribution in [0.1, 0.15) is 10.4 Å². The van der Waals surface area contributed by atoms with Crippen molar-refractivity contribution in [2.45, 2.75) is 0 Å². The molecular weight excluding hydrogens is 387 g/mol. The Morgan fingerprint density at radius 3 is 2.39 bits per heavy atom. The third-order valence-corrected chi connectivity index (χ3v) is 5.61. The van der Waals surface area contributed by atoms with Crippen LogP contribution in [0.15, 0.2) is 48.5 Å². The average Bonchev–Trinajstić information content (AvgIpc) is 3.12. The predicted molar refractivity (Wildman–Crippen MR) is 103 cm³/mol. The number of anilines is 2. The first-order valence-electron chi connectivity index (χ1n) is 8.58. The molecule has 138 valence electrons. The molecule has 7 nitrogen and oxygen atoms in total. The van der Waals surface area contributed by atoms with E-state index in [4.69, 9.17) is 0 Å². The van der Waals surface area contributed by atoms with Crippen LogP contribution in [0.25, 0.3) is 10.2 Å². The first-order valence-corrected chi connectivity index (χ1v) is 9.40. The fourth-order valence-electron chi connectivity index (χ4n) is 3.06. The first kappa shape index (κ1) is 20.6. The molecular formula is C19H17N4NaO3S. The number of carboxylic acid groups (broad SMARTS) is 1. The number of nitrogens with zero attached hydrogens (tertiary/aromatic N) is 3. The van der Waals surface area contributed by atoms with Gasteiger partial charge in [0, 0.05) is 31.7 Å². The number of piperazine rings is 1. The minimum Gasteiger partial charge on any atom is -0.545 e. The van der Waals surface area contributed by atoms with Gasteiger partial charge in [-0.2, -0.15) is 0 Å². The summed E-state index contributed by atoms with van der Waals surface area (Å²) in [5.41, 5.74) is 1.20. The number of urea groups is 1. The number of carboxylic acids is 1. The number of para-hydroxylation sites is 2. The first-order chi connectivity index (χ1) is 13.1. The van der Waals surface area contributed by atoms with Crippen LogP contribution < -0.4 is 44.9 Å². The summed E-state index contributed by atoms with van der Waals surface area (Å²) in [6.07, 6.45) is 0. The summed E-state index contributed by atoms with van der Waals surface area (Å²) in [6, 6.07) is 13.9. The number of thiazole rings is 1. The summed E-state index contributed by atoms with van der Waals surface area (Å²) >= 11 is 1.64. The van der Waals surface area contributed by atoms with Crippen LogP contribution in [0, 0.1) is 0 Å². The Balaban J connectivity index is 0.00000225. The van der Waals surface area contributed by atoms with E-state index in [9.17, 15) is 14.7 Å². The maximum Gasteiger partial charge on any atom is 1.00 e. The maximum atomic E-state index is 12.5. The fraction of sp³-hybridized carbons (Fsp3) is 0.211. The van der Waals surface area contributed by atoms with Crippen molar-refractivity contribution in [1.29, 1.82) is 0 Å². The summed E-state index contributed by atoms with van der Waals surface area (Å²) in [4.78, 5) is 32.2. The Morgan fingerprint density at radius 1 is 1.00 bits per heavy atom. The minimum atomic E-state index is -1.31. The zero-order valence-corrected chi connectivity index (χ0v) is 18.2. The Labute approximate surface area is 188 Å². The Hall–Kier alpha value is -2.13. The number of nitrogens with one attached hydrogen (secondary N) is 1. The molecule has 0 aliphatic carbocycles. The van der Waals surface area contributed by atoms with Gasteiger partial charge in [0.15, 0.2) is 5.13 Å². The summed E-state index contributed by atoms with van der Waals surface area (Å²) in [5.74, 6) is -1.31. The number of amides is 2. The van der Waals surface area contributed by atoms with E-state index in [1.54, 1.807) is 34.4 Å². The summed E-state index contributed by atoms with van der Waals surface area (Å²) in [5, 5.41) is 14.8. The molecule has 4 rings (SSSR count). The van der Waals surface area contributed by atoms with Gasteiger partial charge in [-0.05, 0) is 18.2 Å². The van der Waals surface area contributed by atoms with E-state index in [0.29, 0.717) is 26.2 Å². The molecule has 0 unspecified atom stereocenters. The Kier molecular flexibility index (Phi) is 6.56. The summed E-state index contributed by atoms with van der Waals surface area (Å²) in [7, 11) is 0. The molecule has 1 aliphatic rings. The molecule has 9 heteroatoms. The molecule has 0 radical (unpaired) electrons. The second-order valence-electron chi connectivity index (χ2n) is 6.20. The normalized spacial score (nSPS) is 13.9. The van der Waals surface area contributed by atoms with Crippen molar-refractivity contribution in [3.8, 4) is 0 Å². The Morgan fingerprint density at radius 2 is 1.68 bits per heavy atom. The van der Waals surface area contributed by atoms with E-state index in [-0.39, 0.29) is 46.8 Å². The van der Waals surface area contributed by atoms with Gasteiger partial charge in [-0.25, -0.2) is 9.78 Å². The van der Waals surface area contributed by atoms with Crippen molar-refractivity contribution in [3.05, 3.63) is 54.1 Å². The molecule has 0 atom stereocenters. The zero-order chi connectivity index (χ0) is 18.8. The second kappa shape index (κ2) is 8.91. The van der Waals surface area contributed by atoms with Gasteiger partial charge in [0.05, 0.1) is 21.9 Å². The molecule has 2 aromatic carbocycles. The third-order valence-electron chi connectivity index (χ3n) is 4.51. The van der Waals surface area contributed by atoms with E-state index >= 15 is 0 Å². The largest absolute Gasteiger partial charge is 1.00 e. The van der Waals surface area contributed by atoms with Gasteiger partial charge in [-0.15, -0.1) is 0 Å². The average molecular weight is 404 g/mol. The number of hydrogen-bond donors (Lipinski definition) is 1. The topological polar surface area (TPSA) is 88.6 Å². The van der Waals surface area contributed by atoms with Crippen LogP contribution in [0.3, 0.4) is 0 Å². The number of aromatic carboxylic acids is 1. The van der Waals surface area contributed by atoms with Crippen molar-refractivity contribution >= 4 is 44.4 Å². The molecule has 1 fully saturated rings. The van der Waals surface area contributed by atoms with Crippen LogP contribution in [0.4, 0.5) is 15.6 Å². The smallest absolute Gasteiger partial charge is 0.545 e. The van der Waals surface area contributed by atoms with Gasteiger partial charge < -0.3 is 25.0 Å². The molecule has 1 saturated heterocycles. The van der Waals surface area contributed by atoms with E-state index in [1.165, 1.54) is 6.07 Å². The zero-order valence-electron chi connectivity index (χ0n) is 15.4. The Bertz CT molecular complexity index is 969. The van der Waals surface area contributed by atoms with E-state index in [1.807, 2.05) is 18.2 Å². The third kappa shape index (κ3) is 4.30. The molecule has 0 bridgehead atoms. The van der Waals surface area contributed by atoms with Gasteiger partial charge >= 0.3 is 35.6 Å². The number of benzene rings is 2. The molecule has 2 amide bonds. The van der Waals surface area contributed by atoms with Crippen LogP contribution >= 0.6 is 11.3 Å². The number of hydrogen-bond acceptors (Lipinski definition) is 6. The number of aromatic nitrogens is 1. The minimum absolute atomic E-state index is 0. The van der Waals surface area contributed by atoms with Gasteiger partial charge in [0.1, 0.15) is 0 Å². The summed E-state index contributed by atoms with van der Waals surface area (Å²) < 4.78 is 1.14. The van der Waals surface area contributed by atoms with Crippen LogP contribution in [-0.4, -0.2) is 48.1 Å². The van der Waals surface area contributed by atoms with Crippen LogP contribution in [0.2, 0.25) is 0 Å². The van der Waals surface area contributed by atoms with Crippen molar-refractivity contribution in [2.75, 3.05) is 36.4 Å². The number of carbonyl (C=O) groups excluding carboxylic acids is 2. The van der Waals surface area contributed by atoms with Gasteiger partial charge in [0.25, 0.3) is 0 Å². The monoisotopic (exact) mass is 404 g/mol.